The van der Waals surface area contributed by atoms with Gasteiger partial charge in [-0.3, -0.25) is 4.79 Å². The highest BCUT2D eigenvalue weighted by molar-refractivity contribution is 5.83. The average molecular weight is 388 g/mol. The van der Waals surface area contributed by atoms with E-state index in [1.807, 2.05) is 57.2 Å². The van der Waals surface area contributed by atoms with Crippen molar-refractivity contribution >= 4 is 11.0 Å². The average Bonchev–Trinajstić information content (AvgIpc) is 2.71. The fraction of sp³-hybridized carbons (Fsp3) is 0.160. The predicted molar refractivity (Wildman–Crippen MR) is 113 cm³/mol. The van der Waals surface area contributed by atoms with E-state index in [0.29, 0.717) is 16.7 Å². The van der Waals surface area contributed by atoms with Crippen molar-refractivity contribution < 1.29 is 13.5 Å². The second kappa shape index (κ2) is 7.55. The predicted octanol–water partition coefficient (Wildman–Crippen LogP) is 6.10. The number of aryl methyl sites for hydroxylation is 3. The van der Waals surface area contributed by atoms with Gasteiger partial charge in [0.2, 0.25) is 11.2 Å². The van der Waals surface area contributed by atoms with E-state index in [4.69, 9.17) is 9.15 Å². The van der Waals surface area contributed by atoms with E-state index < -0.39 is 0 Å². The second-order valence-electron chi connectivity index (χ2n) is 7.30. The largest absolute Gasteiger partial charge is 0.481 e. The third-order valence-electron chi connectivity index (χ3n) is 5.08. The molecule has 29 heavy (non-hydrogen) atoms. The molecule has 0 unspecified atom stereocenters. The first-order valence-electron chi connectivity index (χ1n) is 9.45. The molecule has 0 spiro atoms. The molecule has 0 amide bonds. The molecule has 146 valence electrons. The summed E-state index contributed by atoms with van der Waals surface area (Å²) in [4.78, 5) is 13.3. The molecule has 0 fully saturated rings. The lowest BCUT2D eigenvalue weighted by Gasteiger charge is -2.13. The van der Waals surface area contributed by atoms with Crippen LogP contribution >= 0.6 is 0 Å². The van der Waals surface area contributed by atoms with Gasteiger partial charge >= 0.3 is 0 Å². The van der Waals surface area contributed by atoms with Gasteiger partial charge in [-0.15, -0.1) is 0 Å². The van der Waals surface area contributed by atoms with Gasteiger partial charge in [0.15, 0.2) is 5.76 Å². The van der Waals surface area contributed by atoms with E-state index in [0.717, 1.165) is 27.8 Å². The highest BCUT2D eigenvalue weighted by atomic mass is 19.1. The maximum absolute atomic E-state index is 13.3. The molecule has 3 nitrogen and oxygen atoms in total. The molecule has 0 aliphatic rings. The maximum Gasteiger partial charge on any atom is 0.235 e. The molecular formula is C25H21FO3. The lowest BCUT2D eigenvalue weighted by atomic mass is 10.0. The number of fused-ring (bicyclic) bond motifs is 1. The van der Waals surface area contributed by atoms with Crippen molar-refractivity contribution in [1.29, 1.82) is 0 Å². The molecule has 0 atom stereocenters. The summed E-state index contributed by atoms with van der Waals surface area (Å²) in [6.45, 7) is 6.08. The lowest BCUT2D eigenvalue weighted by Crippen LogP contribution is -2.10. The molecule has 0 saturated carbocycles. The Morgan fingerprint density at radius 1 is 0.897 bits per heavy atom. The molecule has 0 saturated heterocycles. The first-order valence-corrected chi connectivity index (χ1v) is 9.45. The summed E-state index contributed by atoms with van der Waals surface area (Å²) in [6.07, 6.45) is 0. The Kier molecular flexibility index (Phi) is 4.93. The zero-order valence-electron chi connectivity index (χ0n) is 16.6. The lowest BCUT2D eigenvalue weighted by molar-refractivity contribution is 0.297. The number of rotatable bonds is 4. The molecule has 3 aromatic carbocycles. The summed E-state index contributed by atoms with van der Waals surface area (Å²) in [5.41, 5.74) is 5.02. The van der Waals surface area contributed by atoms with Gasteiger partial charge in [-0.2, -0.15) is 0 Å². The standard InChI is InChI=1S/C25H21FO3/c1-15-4-8-19(9-5-15)24-25(28-14-18-6-10-20(26)11-7-18)23(27)21-12-16(2)17(3)13-22(21)29-24/h4-13H,14H2,1-3H3. The van der Waals surface area contributed by atoms with E-state index in [2.05, 4.69) is 0 Å². The first-order chi connectivity index (χ1) is 13.9. The Balaban J connectivity index is 1.86. The SMILES string of the molecule is Cc1ccc(-c2oc3cc(C)c(C)cc3c(=O)c2OCc2ccc(F)cc2)cc1. The van der Waals surface area contributed by atoms with Crippen LogP contribution in [0, 0.1) is 26.6 Å². The summed E-state index contributed by atoms with van der Waals surface area (Å²) >= 11 is 0. The van der Waals surface area contributed by atoms with Gasteiger partial charge in [0.25, 0.3) is 0 Å². The number of ether oxygens (including phenoxy) is 1. The maximum atomic E-state index is 13.3. The Labute approximate surface area is 168 Å². The topological polar surface area (TPSA) is 39.4 Å². The van der Waals surface area contributed by atoms with E-state index in [1.165, 1.54) is 12.1 Å². The van der Waals surface area contributed by atoms with Crippen LogP contribution in [-0.2, 0) is 6.61 Å². The van der Waals surface area contributed by atoms with Crippen molar-refractivity contribution in [3.63, 3.8) is 0 Å². The molecule has 4 aromatic rings. The van der Waals surface area contributed by atoms with Crippen LogP contribution in [0.15, 0.2) is 69.9 Å². The van der Waals surface area contributed by atoms with Crippen LogP contribution in [0.1, 0.15) is 22.3 Å². The first kappa shape index (κ1) is 18.9. The molecule has 1 heterocycles. The van der Waals surface area contributed by atoms with Crippen molar-refractivity contribution in [3.8, 4) is 17.1 Å². The third-order valence-corrected chi connectivity index (χ3v) is 5.08. The Morgan fingerprint density at radius 2 is 1.55 bits per heavy atom. The summed E-state index contributed by atoms with van der Waals surface area (Å²) in [7, 11) is 0. The Bertz CT molecular complexity index is 1240. The zero-order chi connectivity index (χ0) is 20.5. The van der Waals surface area contributed by atoms with Gasteiger partial charge in [-0.1, -0.05) is 42.0 Å². The van der Waals surface area contributed by atoms with Gasteiger partial charge < -0.3 is 9.15 Å². The number of hydrogen-bond donors (Lipinski definition) is 0. The highest BCUT2D eigenvalue weighted by Gasteiger charge is 2.18. The summed E-state index contributed by atoms with van der Waals surface area (Å²) in [5.74, 6) is 0.243. The summed E-state index contributed by atoms with van der Waals surface area (Å²) in [5, 5.41) is 0.484. The number of halogens is 1. The van der Waals surface area contributed by atoms with Crippen molar-refractivity contribution in [2.75, 3.05) is 0 Å². The second-order valence-corrected chi connectivity index (χ2v) is 7.30. The minimum atomic E-state index is -0.315. The molecule has 0 radical (unpaired) electrons. The van der Waals surface area contributed by atoms with Crippen LogP contribution in [0.3, 0.4) is 0 Å². The monoisotopic (exact) mass is 388 g/mol. The summed E-state index contributed by atoms with van der Waals surface area (Å²) < 4.78 is 25.3. The van der Waals surface area contributed by atoms with Crippen LogP contribution in [0.5, 0.6) is 5.75 Å². The van der Waals surface area contributed by atoms with Gasteiger partial charge in [-0.25, -0.2) is 4.39 Å². The van der Waals surface area contributed by atoms with Crippen molar-refractivity contribution in [2.45, 2.75) is 27.4 Å². The van der Waals surface area contributed by atoms with E-state index in [9.17, 15) is 9.18 Å². The van der Waals surface area contributed by atoms with Crippen LogP contribution in [0.25, 0.3) is 22.3 Å². The van der Waals surface area contributed by atoms with Gasteiger partial charge in [-0.05, 0) is 61.7 Å². The van der Waals surface area contributed by atoms with Crippen LogP contribution in [0.2, 0.25) is 0 Å². The van der Waals surface area contributed by atoms with Gasteiger partial charge in [0.1, 0.15) is 18.0 Å². The van der Waals surface area contributed by atoms with Crippen molar-refractivity contribution in [3.05, 3.63) is 99.0 Å². The van der Waals surface area contributed by atoms with E-state index >= 15 is 0 Å². The van der Waals surface area contributed by atoms with Crippen LogP contribution < -0.4 is 10.2 Å². The molecule has 4 heteroatoms. The molecule has 0 aliphatic carbocycles. The molecule has 0 N–H and O–H groups in total. The minimum Gasteiger partial charge on any atom is -0.481 e. The molecule has 1 aromatic heterocycles. The minimum absolute atomic E-state index is 0.139. The van der Waals surface area contributed by atoms with Gasteiger partial charge in [0.05, 0.1) is 5.39 Å². The number of benzene rings is 3. The normalized spacial score (nSPS) is 11.0. The third kappa shape index (κ3) is 3.79. The quantitative estimate of drug-likeness (QED) is 0.424. The fourth-order valence-corrected chi connectivity index (χ4v) is 3.20. The summed E-state index contributed by atoms with van der Waals surface area (Å²) in [6, 6.07) is 17.5. The van der Waals surface area contributed by atoms with Crippen molar-refractivity contribution in [2.24, 2.45) is 0 Å². The Morgan fingerprint density at radius 3 is 2.24 bits per heavy atom. The number of hydrogen-bond acceptors (Lipinski definition) is 3. The molecule has 4 rings (SSSR count). The molecule has 0 aliphatic heterocycles. The van der Waals surface area contributed by atoms with Crippen LogP contribution in [0.4, 0.5) is 4.39 Å². The van der Waals surface area contributed by atoms with Gasteiger partial charge in [0, 0.05) is 5.56 Å². The van der Waals surface area contributed by atoms with E-state index in [1.54, 1.807) is 12.1 Å². The molecular weight excluding hydrogens is 367 g/mol. The highest BCUT2D eigenvalue weighted by Crippen LogP contribution is 2.32. The van der Waals surface area contributed by atoms with Crippen molar-refractivity contribution in [1.82, 2.24) is 0 Å². The Hall–Kier alpha value is -3.40. The molecule has 0 bridgehead atoms. The fourth-order valence-electron chi connectivity index (χ4n) is 3.20. The van der Waals surface area contributed by atoms with Crippen LogP contribution in [-0.4, -0.2) is 0 Å². The zero-order valence-corrected chi connectivity index (χ0v) is 16.6. The smallest absolute Gasteiger partial charge is 0.235 e. The van der Waals surface area contributed by atoms with E-state index in [-0.39, 0.29) is 23.6 Å².